The molecule has 1 saturated heterocycles. The normalized spacial score (nSPS) is 18.8. The molecule has 0 saturated carbocycles. The molecule has 1 aromatic heterocycles. The average molecular weight is 587 g/mol. The van der Waals surface area contributed by atoms with Crippen LogP contribution in [0.5, 0.6) is 0 Å². The number of benzene rings is 2. The van der Waals surface area contributed by atoms with Crippen molar-refractivity contribution in [2.24, 2.45) is 0 Å². The number of carbonyl (C=O) groups excluding carboxylic acids is 2. The summed E-state index contributed by atoms with van der Waals surface area (Å²) >= 11 is 3.20. The van der Waals surface area contributed by atoms with Crippen molar-refractivity contribution in [3.05, 3.63) is 75.8 Å². The number of hydrogen-bond acceptors (Lipinski definition) is 10. The van der Waals surface area contributed by atoms with E-state index in [1.807, 2.05) is 55.5 Å². The molecule has 1 fully saturated rings. The van der Waals surface area contributed by atoms with Gasteiger partial charge in [0.05, 0.1) is 18.8 Å². The minimum atomic E-state index is -0.558. The maximum atomic E-state index is 12.1. The highest BCUT2D eigenvalue weighted by atomic mass is 32.2. The van der Waals surface area contributed by atoms with E-state index >= 15 is 0 Å². The number of aromatic nitrogens is 2. The summed E-state index contributed by atoms with van der Waals surface area (Å²) < 4.78 is 13.7. The van der Waals surface area contributed by atoms with Crippen LogP contribution in [0.15, 0.2) is 52.9 Å². The van der Waals surface area contributed by atoms with E-state index in [1.54, 1.807) is 28.6 Å². The number of thioether (sulfide) groups is 1. The van der Waals surface area contributed by atoms with Gasteiger partial charge in [0.1, 0.15) is 5.01 Å². The second kappa shape index (κ2) is 15.2. The summed E-state index contributed by atoms with van der Waals surface area (Å²) in [5.74, 6) is 0.178. The van der Waals surface area contributed by atoms with Gasteiger partial charge in [0.25, 0.3) is 0 Å². The number of aryl methyl sites for hydroxylation is 1. The van der Waals surface area contributed by atoms with E-state index in [0.717, 1.165) is 31.6 Å². The number of rotatable bonds is 13. The first-order chi connectivity index (χ1) is 19.4. The van der Waals surface area contributed by atoms with Gasteiger partial charge in [-0.3, -0.25) is 14.8 Å². The zero-order valence-electron chi connectivity index (χ0n) is 22.2. The molecule has 2 heterocycles. The molecule has 0 radical (unpaired) electrons. The average Bonchev–Trinajstić information content (AvgIpc) is 3.42. The Morgan fingerprint density at radius 2 is 1.65 bits per heavy atom. The highest BCUT2D eigenvalue weighted by Crippen LogP contribution is 2.39. The number of aliphatic hydroxyl groups excluding tert-OH is 1. The van der Waals surface area contributed by atoms with Crippen LogP contribution in [0, 0.1) is 6.92 Å². The number of ether oxygens (including phenoxy) is 2. The van der Waals surface area contributed by atoms with Gasteiger partial charge in [-0.2, -0.15) is 0 Å². The third-order valence-electron chi connectivity index (χ3n) is 6.44. The number of hydrogen-bond donors (Lipinski definition) is 4. The fourth-order valence-electron chi connectivity index (χ4n) is 4.23. The van der Waals surface area contributed by atoms with E-state index in [1.165, 1.54) is 0 Å². The quantitative estimate of drug-likeness (QED) is 0.0994. The summed E-state index contributed by atoms with van der Waals surface area (Å²) in [4.78, 5) is 23.2. The smallest absolute Gasteiger partial charge is 0.243 e. The zero-order valence-corrected chi connectivity index (χ0v) is 23.9. The van der Waals surface area contributed by atoms with Crippen LogP contribution in [0.2, 0.25) is 0 Å². The lowest BCUT2D eigenvalue weighted by Crippen LogP contribution is -2.31. The fourth-order valence-corrected chi connectivity index (χ4v) is 6.09. The fraction of sp³-hybridized carbons (Fsp3) is 0.429. The van der Waals surface area contributed by atoms with Crippen molar-refractivity contribution in [3.63, 3.8) is 0 Å². The number of nitrogens with zero attached hydrogens (tertiary/aromatic N) is 2. The molecule has 0 unspecified atom stereocenters. The molecule has 4 N–H and O–H groups in total. The monoisotopic (exact) mass is 586 g/mol. The highest BCUT2D eigenvalue weighted by molar-refractivity contribution is 8.01. The summed E-state index contributed by atoms with van der Waals surface area (Å²) in [6.07, 6.45) is 1.49. The number of aliphatic hydroxyl groups is 1. The van der Waals surface area contributed by atoms with Crippen LogP contribution < -0.4 is 10.8 Å². The lowest BCUT2D eigenvalue weighted by molar-refractivity contribution is -0.245. The molecule has 40 heavy (non-hydrogen) atoms. The summed E-state index contributed by atoms with van der Waals surface area (Å²) in [7, 11) is 0. The number of amides is 2. The van der Waals surface area contributed by atoms with Gasteiger partial charge in [-0.25, -0.2) is 5.48 Å². The molecular weight excluding hydrogens is 552 g/mol. The lowest BCUT2D eigenvalue weighted by atomic mass is 10.0. The van der Waals surface area contributed by atoms with Crippen molar-refractivity contribution in [1.82, 2.24) is 21.0 Å². The van der Waals surface area contributed by atoms with Crippen molar-refractivity contribution in [1.29, 1.82) is 0 Å². The number of carbonyl (C=O) groups is 2. The van der Waals surface area contributed by atoms with E-state index in [0.29, 0.717) is 38.0 Å². The third kappa shape index (κ3) is 9.08. The first-order valence-electron chi connectivity index (χ1n) is 13.2. The van der Waals surface area contributed by atoms with Crippen LogP contribution in [0.3, 0.4) is 0 Å². The molecule has 1 aliphatic heterocycles. The summed E-state index contributed by atoms with van der Waals surface area (Å²) in [5, 5.41) is 30.1. The topological polar surface area (TPSA) is 143 Å². The second-order valence-corrected chi connectivity index (χ2v) is 12.0. The van der Waals surface area contributed by atoms with Gasteiger partial charge >= 0.3 is 0 Å². The van der Waals surface area contributed by atoms with E-state index in [2.05, 4.69) is 15.5 Å². The van der Waals surface area contributed by atoms with Crippen molar-refractivity contribution in [2.45, 2.75) is 75.0 Å². The summed E-state index contributed by atoms with van der Waals surface area (Å²) in [6.45, 7) is 2.32. The molecule has 2 amide bonds. The van der Waals surface area contributed by atoms with Crippen LogP contribution in [0.1, 0.15) is 71.8 Å². The molecular formula is C28H34N4O6S2. The van der Waals surface area contributed by atoms with E-state index < -0.39 is 12.2 Å². The molecule has 0 bridgehead atoms. The minimum Gasteiger partial charge on any atom is -0.392 e. The van der Waals surface area contributed by atoms with Crippen molar-refractivity contribution in [3.8, 4) is 0 Å². The lowest BCUT2D eigenvalue weighted by Gasteiger charge is -2.36. The largest absolute Gasteiger partial charge is 0.392 e. The van der Waals surface area contributed by atoms with Gasteiger partial charge < -0.3 is 19.9 Å². The van der Waals surface area contributed by atoms with Crippen LogP contribution in [-0.4, -0.2) is 44.2 Å². The van der Waals surface area contributed by atoms with Crippen LogP contribution in [0.4, 0.5) is 0 Å². The van der Waals surface area contributed by atoms with Gasteiger partial charge in [0.15, 0.2) is 10.6 Å². The molecule has 10 nitrogen and oxygen atoms in total. The SMILES string of the molecule is Cc1nnc(SC[C@H]2C[C@@H](c3ccc(CO)cc3)O[C@@H](c3ccc(CNC(=O)CCCCC(=O)NO)cc3)O2)s1. The first-order valence-corrected chi connectivity index (χ1v) is 15.0. The van der Waals surface area contributed by atoms with Crippen LogP contribution >= 0.6 is 23.1 Å². The maximum absolute atomic E-state index is 12.1. The first kappa shape index (κ1) is 30.1. The predicted octanol–water partition coefficient (Wildman–Crippen LogP) is 4.36. The Bertz CT molecular complexity index is 1240. The number of hydroxylamine groups is 1. The van der Waals surface area contributed by atoms with Gasteiger partial charge in [0.2, 0.25) is 11.8 Å². The van der Waals surface area contributed by atoms with Crippen LogP contribution in [-0.2, 0) is 32.2 Å². The third-order valence-corrected chi connectivity index (χ3v) is 8.54. The van der Waals surface area contributed by atoms with E-state index in [9.17, 15) is 14.7 Å². The maximum Gasteiger partial charge on any atom is 0.243 e. The molecule has 3 atom stereocenters. The standard InChI is InChI=1S/C28H34N4O6S2/c1-18-30-31-28(40-18)39-17-23-14-24(21-10-8-20(16-33)9-11-21)38-27(37-23)22-12-6-19(7-13-22)15-29-25(34)4-2-3-5-26(35)32-36/h6-13,23-24,27,33,36H,2-5,14-17H2,1H3,(H,29,34)(H,32,35)/t23-,24+,27+/m1/s1. The van der Waals surface area contributed by atoms with Crippen molar-refractivity contribution < 1.29 is 29.4 Å². The minimum absolute atomic E-state index is 0.00573. The van der Waals surface area contributed by atoms with Gasteiger partial charge in [-0.1, -0.05) is 71.6 Å². The zero-order chi connectivity index (χ0) is 28.3. The predicted molar refractivity (Wildman–Crippen MR) is 150 cm³/mol. The number of nitrogens with one attached hydrogen (secondary N) is 2. The van der Waals surface area contributed by atoms with E-state index in [-0.39, 0.29) is 31.1 Å². The van der Waals surface area contributed by atoms with Crippen molar-refractivity contribution in [2.75, 3.05) is 5.75 Å². The molecule has 0 aliphatic carbocycles. The van der Waals surface area contributed by atoms with Crippen LogP contribution in [0.25, 0.3) is 0 Å². The Kier molecular flexibility index (Phi) is 11.5. The molecule has 1 aliphatic rings. The second-order valence-electron chi connectivity index (χ2n) is 9.51. The molecule has 3 aromatic rings. The summed E-state index contributed by atoms with van der Waals surface area (Å²) in [6, 6.07) is 15.6. The Balaban J connectivity index is 1.35. The Hall–Kier alpha value is -2.87. The van der Waals surface area contributed by atoms with Crippen molar-refractivity contribution >= 4 is 34.9 Å². The Morgan fingerprint density at radius 1 is 0.975 bits per heavy atom. The van der Waals surface area contributed by atoms with Gasteiger partial charge in [0, 0.05) is 37.1 Å². The highest BCUT2D eigenvalue weighted by Gasteiger charge is 2.32. The Labute approximate surface area is 241 Å². The number of unbranched alkanes of at least 4 members (excludes halogenated alkanes) is 1. The van der Waals surface area contributed by atoms with Gasteiger partial charge in [-0.05, 0) is 36.5 Å². The van der Waals surface area contributed by atoms with Gasteiger partial charge in [-0.15, -0.1) is 10.2 Å². The molecule has 2 aromatic carbocycles. The molecule has 0 spiro atoms. The summed E-state index contributed by atoms with van der Waals surface area (Å²) in [5.41, 5.74) is 5.30. The molecule has 214 valence electrons. The molecule has 4 rings (SSSR count). The molecule has 12 heteroatoms. The van der Waals surface area contributed by atoms with E-state index in [4.69, 9.17) is 14.7 Å². The Morgan fingerprint density at radius 3 is 2.30 bits per heavy atom.